The Kier molecular flexibility index (Phi) is 9.04. The molecule has 0 aromatic heterocycles. The van der Waals surface area contributed by atoms with Crippen molar-refractivity contribution in [3.63, 3.8) is 0 Å². The highest BCUT2D eigenvalue weighted by Crippen LogP contribution is 2.36. The van der Waals surface area contributed by atoms with E-state index in [1.807, 2.05) is 51.1 Å². The predicted molar refractivity (Wildman–Crippen MR) is 146 cm³/mol. The van der Waals surface area contributed by atoms with E-state index in [2.05, 4.69) is 0 Å². The fourth-order valence-electron chi connectivity index (χ4n) is 4.20. The number of carbonyl (C=O) groups is 1. The summed E-state index contributed by atoms with van der Waals surface area (Å²) in [6.07, 6.45) is -0.651. The van der Waals surface area contributed by atoms with Crippen molar-refractivity contribution in [3.05, 3.63) is 83.9 Å². The zero-order valence-corrected chi connectivity index (χ0v) is 22.2. The molecule has 0 radical (unpaired) electrons. The molecule has 0 spiro atoms. The molecule has 0 unspecified atom stereocenters. The molecule has 198 valence electrons. The summed E-state index contributed by atoms with van der Waals surface area (Å²) < 4.78 is 28.4. The van der Waals surface area contributed by atoms with Gasteiger partial charge in [0, 0.05) is 25.3 Å². The molecule has 1 atom stereocenters. The van der Waals surface area contributed by atoms with Crippen LogP contribution in [-0.2, 0) is 23.0 Å². The number of sulfonamides is 1. The number of aromatic hydroxyl groups is 1. The molecule has 0 saturated carbocycles. The number of nitrogen functional groups attached to an aromatic ring is 1. The van der Waals surface area contributed by atoms with Crippen LogP contribution in [0.2, 0.25) is 0 Å². The van der Waals surface area contributed by atoms with Crippen molar-refractivity contribution >= 4 is 27.5 Å². The number of phenols is 1. The number of nitrogens with zero attached hydrogens (tertiary/aromatic N) is 2. The highest BCUT2D eigenvalue weighted by Gasteiger charge is 2.29. The normalized spacial score (nSPS) is 12.3. The van der Waals surface area contributed by atoms with Gasteiger partial charge in [-0.3, -0.25) is 4.31 Å². The van der Waals surface area contributed by atoms with Gasteiger partial charge in [-0.05, 0) is 59.7 Å². The Morgan fingerprint density at radius 1 is 0.919 bits per heavy atom. The SMILES string of the molecule is CC(C)CN(c1cccc(C[C@@H](C)CN(Cc2ccccc2)C(=O)O)c1O)S(=O)(=O)c1ccc(N)cc1. The summed E-state index contributed by atoms with van der Waals surface area (Å²) in [5.41, 5.74) is 7.82. The minimum Gasteiger partial charge on any atom is -0.505 e. The van der Waals surface area contributed by atoms with Crippen LogP contribution in [0.3, 0.4) is 0 Å². The summed E-state index contributed by atoms with van der Waals surface area (Å²) in [4.78, 5) is 13.3. The molecule has 0 bridgehead atoms. The van der Waals surface area contributed by atoms with Crippen molar-refractivity contribution in [2.45, 2.75) is 38.6 Å². The number of para-hydroxylation sites is 1. The third-order valence-corrected chi connectivity index (χ3v) is 7.75. The van der Waals surface area contributed by atoms with E-state index >= 15 is 0 Å². The first-order valence-electron chi connectivity index (χ1n) is 12.2. The van der Waals surface area contributed by atoms with Crippen molar-refractivity contribution in [1.29, 1.82) is 0 Å². The molecule has 4 N–H and O–H groups in total. The highest BCUT2D eigenvalue weighted by molar-refractivity contribution is 7.92. The van der Waals surface area contributed by atoms with Gasteiger partial charge in [0.2, 0.25) is 0 Å². The number of amides is 1. The summed E-state index contributed by atoms with van der Waals surface area (Å²) in [5.74, 6) is -0.264. The zero-order valence-electron chi connectivity index (χ0n) is 21.4. The molecule has 0 aliphatic carbocycles. The lowest BCUT2D eigenvalue weighted by Crippen LogP contribution is -2.34. The molecule has 0 saturated heterocycles. The largest absolute Gasteiger partial charge is 0.505 e. The molecule has 9 heteroatoms. The van der Waals surface area contributed by atoms with Crippen LogP contribution in [0, 0.1) is 11.8 Å². The van der Waals surface area contributed by atoms with Gasteiger partial charge in [0.15, 0.2) is 0 Å². The highest BCUT2D eigenvalue weighted by atomic mass is 32.2. The van der Waals surface area contributed by atoms with Gasteiger partial charge in [-0.1, -0.05) is 63.2 Å². The molecule has 3 aromatic carbocycles. The Morgan fingerprint density at radius 3 is 2.16 bits per heavy atom. The van der Waals surface area contributed by atoms with Crippen LogP contribution in [0.25, 0.3) is 0 Å². The summed E-state index contributed by atoms with van der Waals surface area (Å²) in [6.45, 7) is 6.40. The Labute approximate surface area is 219 Å². The van der Waals surface area contributed by atoms with Crippen LogP contribution in [0.15, 0.2) is 77.7 Å². The maximum atomic E-state index is 13.6. The van der Waals surface area contributed by atoms with E-state index < -0.39 is 16.1 Å². The summed E-state index contributed by atoms with van der Waals surface area (Å²) in [5, 5.41) is 20.9. The van der Waals surface area contributed by atoms with E-state index in [1.165, 1.54) is 33.5 Å². The van der Waals surface area contributed by atoms with Crippen molar-refractivity contribution < 1.29 is 23.4 Å². The third kappa shape index (κ3) is 7.16. The zero-order chi connectivity index (χ0) is 27.2. The van der Waals surface area contributed by atoms with Gasteiger partial charge in [0.25, 0.3) is 10.0 Å². The second-order valence-electron chi connectivity index (χ2n) is 9.74. The van der Waals surface area contributed by atoms with Gasteiger partial charge in [-0.15, -0.1) is 0 Å². The van der Waals surface area contributed by atoms with Crippen molar-refractivity contribution in [1.82, 2.24) is 4.90 Å². The van der Waals surface area contributed by atoms with Crippen LogP contribution in [0.1, 0.15) is 31.9 Å². The number of carboxylic acid groups (broad SMARTS) is 1. The number of hydrogen-bond donors (Lipinski definition) is 3. The first-order chi connectivity index (χ1) is 17.5. The maximum absolute atomic E-state index is 13.6. The summed E-state index contributed by atoms with van der Waals surface area (Å²) in [7, 11) is -3.97. The van der Waals surface area contributed by atoms with Gasteiger partial charge in [0.1, 0.15) is 5.75 Å². The summed E-state index contributed by atoms with van der Waals surface area (Å²) in [6, 6.07) is 20.4. The molecule has 0 aliphatic heterocycles. The van der Waals surface area contributed by atoms with Crippen LogP contribution in [0.4, 0.5) is 16.2 Å². The Bertz CT molecular complexity index is 1300. The number of benzene rings is 3. The van der Waals surface area contributed by atoms with Gasteiger partial charge in [0.05, 0.1) is 10.6 Å². The molecular weight excluding hydrogens is 490 g/mol. The van der Waals surface area contributed by atoms with Crippen LogP contribution < -0.4 is 10.0 Å². The lowest BCUT2D eigenvalue weighted by Gasteiger charge is -2.28. The van der Waals surface area contributed by atoms with Crippen molar-refractivity contribution in [3.8, 4) is 5.75 Å². The lowest BCUT2D eigenvalue weighted by molar-refractivity contribution is 0.134. The van der Waals surface area contributed by atoms with Crippen molar-refractivity contribution in [2.24, 2.45) is 11.8 Å². The standard InChI is InChI=1S/C28H35N3O5S/c1-20(2)17-31(37(35,36)25-14-12-24(29)13-15-25)26-11-7-10-23(27(26)32)16-21(3)18-30(28(33)34)19-22-8-5-4-6-9-22/h4-15,20-21,32H,16-19,29H2,1-3H3,(H,33,34)/t21-/m1/s1. The fraction of sp³-hybridized carbons (Fsp3) is 0.321. The second-order valence-corrected chi connectivity index (χ2v) is 11.6. The minimum absolute atomic E-state index is 0.00681. The van der Waals surface area contributed by atoms with Gasteiger partial charge in [-0.2, -0.15) is 0 Å². The molecule has 8 nitrogen and oxygen atoms in total. The van der Waals surface area contributed by atoms with Gasteiger partial charge < -0.3 is 20.8 Å². The number of hydrogen-bond acceptors (Lipinski definition) is 5. The monoisotopic (exact) mass is 525 g/mol. The van der Waals surface area contributed by atoms with E-state index in [1.54, 1.807) is 18.2 Å². The molecule has 0 fully saturated rings. The molecule has 3 aromatic rings. The smallest absolute Gasteiger partial charge is 0.407 e. The van der Waals surface area contributed by atoms with E-state index in [4.69, 9.17) is 5.73 Å². The van der Waals surface area contributed by atoms with E-state index in [9.17, 15) is 23.4 Å². The van der Waals surface area contributed by atoms with Gasteiger partial charge >= 0.3 is 6.09 Å². The molecule has 3 rings (SSSR count). The van der Waals surface area contributed by atoms with Crippen molar-refractivity contribution in [2.75, 3.05) is 23.1 Å². The molecule has 37 heavy (non-hydrogen) atoms. The minimum atomic E-state index is -3.97. The Morgan fingerprint density at radius 2 is 1.57 bits per heavy atom. The first kappa shape index (κ1) is 27.9. The van der Waals surface area contributed by atoms with Gasteiger partial charge in [-0.25, -0.2) is 13.2 Å². The van der Waals surface area contributed by atoms with Crippen LogP contribution in [-0.4, -0.2) is 42.7 Å². The Hall–Kier alpha value is -3.72. The molecular formula is C28H35N3O5S. The number of phenolic OH excluding ortho intramolecular Hbond substituents is 1. The summed E-state index contributed by atoms with van der Waals surface area (Å²) >= 11 is 0. The van der Waals surface area contributed by atoms with E-state index in [0.29, 0.717) is 17.7 Å². The van der Waals surface area contributed by atoms with Crippen LogP contribution in [0.5, 0.6) is 5.75 Å². The lowest BCUT2D eigenvalue weighted by atomic mass is 9.99. The quantitative estimate of drug-likeness (QED) is 0.296. The van der Waals surface area contributed by atoms with Crippen LogP contribution >= 0.6 is 0 Å². The third-order valence-electron chi connectivity index (χ3n) is 5.95. The van der Waals surface area contributed by atoms with E-state index in [-0.39, 0.29) is 47.8 Å². The number of nitrogens with two attached hydrogens (primary N) is 1. The Balaban J connectivity index is 1.86. The second kappa shape index (κ2) is 12.0. The number of anilines is 2. The molecule has 1 amide bonds. The molecule has 0 heterocycles. The first-order valence-corrected chi connectivity index (χ1v) is 13.6. The van der Waals surface area contributed by atoms with E-state index in [0.717, 1.165) is 5.56 Å². The average molecular weight is 526 g/mol. The predicted octanol–water partition coefficient (Wildman–Crippen LogP) is 5.18. The topological polar surface area (TPSA) is 124 Å². The average Bonchev–Trinajstić information content (AvgIpc) is 2.84. The maximum Gasteiger partial charge on any atom is 0.407 e. The molecule has 0 aliphatic rings. The number of rotatable bonds is 11. The fourth-order valence-corrected chi connectivity index (χ4v) is 5.83.